The van der Waals surface area contributed by atoms with E-state index in [0.717, 1.165) is 6.54 Å². The summed E-state index contributed by atoms with van der Waals surface area (Å²) < 4.78 is 0. The van der Waals surface area contributed by atoms with Crippen LogP contribution in [0.5, 0.6) is 0 Å². The molecule has 0 aromatic carbocycles. The fourth-order valence-corrected chi connectivity index (χ4v) is 0.746. The number of hydrogen-bond donors (Lipinski definition) is 2. The van der Waals surface area contributed by atoms with Crippen molar-refractivity contribution in [2.75, 3.05) is 19.6 Å². The van der Waals surface area contributed by atoms with E-state index in [0.29, 0.717) is 13.1 Å². The molecule has 0 rings (SSSR count). The number of rotatable bonds is 5. The SMILES string of the molecule is C=CCN(CC)CC(O)O. The van der Waals surface area contributed by atoms with Crippen LogP contribution in [0, 0.1) is 0 Å². The summed E-state index contributed by atoms with van der Waals surface area (Å²) in [6, 6.07) is 0. The standard InChI is InChI=1S/C7H15NO2/c1-3-5-8(4-2)6-7(9)10/h3,7,9-10H,1,4-6H2,2H3. The van der Waals surface area contributed by atoms with Crippen molar-refractivity contribution in [2.45, 2.75) is 13.2 Å². The minimum absolute atomic E-state index is 0.294. The van der Waals surface area contributed by atoms with Crippen molar-refractivity contribution in [3.05, 3.63) is 12.7 Å². The van der Waals surface area contributed by atoms with Crippen LogP contribution in [-0.4, -0.2) is 41.0 Å². The number of aliphatic hydroxyl groups is 2. The number of hydrogen-bond acceptors (Lipinski definition) is 3. The van der Waals surface area contributed by atoms with Crippen LogP contribution in [-0.2, 0) is 0 Å². The molecule has 0 aromatic rings. The third kappa shape index (κ3) is 4.49. The molecule has 0 saturated carbocycles. The average Bonchev–Trinajstić information content (AvgIpc) is 1.86. The highest BCUT2D eigenvalue weighted by atomic mass is 16.5. The second kappa shape index (κ2) is 5.41. The van der Waals surface area contributed by atoms with Gasteiger partial charge in [-0.1, -0.05) is 13.0 Å². The Bertz CT molecular complexity index is 93.6. The van der Waals surface area contributed by atoms with Crippen molar-refractivity contribution < 1.29 is 10.2 Å². The molecular formula is C7H15NO2. The van der Waals surface area contributed by atoms with E-state index < -0.39 is 6.29 Å². The Labute approximate surface area is 61.6 Å². The van der Waals surface area contributed by atoms with Crippen molar-refractivity contribution >= 4 is 0 Å². The summed E-state index contributed by atoms with van der Waals surface area (Å²) in [4.78, 5) is 1.89. The van der Waals surface area contributed by atoms with Crippen LogP contribution in [0.3, 0.4) is 0 Å². The highest BCUT2D eigenvalue weighted by molar-refractivity contribution is 4.72. The van der Waals surface area contributed by atoms with E-state index in [4.69, 9.17) is 10.2 Å². The Kier molecular flexibility index (Phi) is 5.20. The first kappa shape index (κ1) is 9.62. The normalized spacial score (nSPS) is 10.9. The molecule has 0 atom stereocenters. The smallest absolute Gasteiger partial charge is 0.164 e. The Hall–Kier alpha value is -0.380. The summed E-state index contributed by atoms with van der Waals surface area (Å²) in [6.07, 6.45) is 0.506. The van der Waals surface area contributed by atoms with Gasteiger partial charge in [-0.25, -0.2) is 0 Å². The molecule has 0 aliphatic heterocycles. The third-order valence-corrected chi connectivity index (χ3v) is 1.26. The molecule has 0 spiro atoms. The van der Waals surface area contributed by atoms with Crippen molar-refractivity contribution in [3.63, 3.8) is 0 Å². The third-order valence-electron chi connectivity index (χ3n) is 1.26. The molecule has 2 N–H and O–H groups in total. The van der Waals surface area contributed by atoms with E-state index in [2.05, 4.69) is 6.58 Å². The van der Waals surface area contributed by atoms with Gasteiger partial charge in [0.05, 0.1) is 0 Å². The molecule has 10 heavy (non-hydrogen) atoms. The summed E-state index contributed by atoms with van der Waals surface area (Å²) in [5.74, 6) is 0. The maximum absolute atomic E-state index is 8.56. The predicted octanol–water partition coefficient (Wildman–Crippen LogP) is -0.195. The quantitative estimate of drug-likeness (QED) is 0.416. The predicted molar refractivity (Wildman–Crippen MR) is 40.5 cm³/mol. The van der Waals surface area contributed by atoms with Gasteiger partial charge in [0, 0.05) is 13.1 Å². The average molecular weight is 145 g/mol. The molecule has 0 aliphatic carbocycles. The van der Waals surface area contributed by atoms with Crippen LogP contribution >= 0.6 is 0 Å². The fourth-order valence-electron chi connectivity index (χ4n) is 0.746. The van der Waals surface area contributed by atoms with E-state index in [1.165, 1.54) is 0 Å². The second-order valence-corrected chi connectivity index (χ2v) is 2.12. The van der Waals surface area contributed by atoms with E-state index in [1.807, 2.05) is 11.8 Å². The molecule has 0 saturated heterocycles. The zero-order valence-electron chi connectivity index (χ0n) is 6.32. The highest BCUT2D eigenvalue weighted by Gasteiger charge is 2.03. The Morgan fingerprint density at radius 1 is 1.60 bits per heavy atom. The van der Waals surface area contributed by atoms with Gasteiger partial charge in [-0.2, -0.15) is 0 Å². The molecule has 0 amide bonds. The van der Waals surface area contributed by atoms with Gasteiger partial charge in [0.25, 0.3) is 0 Å². The van der Waals surface area contributed by atoms with Gasteiger partial charge < -0.3 is 10.2 Å². The minimum Gasteiger partial charge on any atom is -0.367 e. The maximum Gasteiger partial charge on any atom is 0.164 e. The number of nitrogens with zero attached hydrogens (tertiary/aromatic N) is 1. The topological polar surface area (TPSA) is 43.7 Å². The monoisotopic (exact) mass is 145 g/mol. The van der Waals surface area contributed by atoms with Gasteiger partial charge in [-0.15, -0.1) is 6.58 Å². The van der Waals surface area contributed by atoms with Gasteiger partial charge in [0.1, 0.15) is 0 Å². The first-order valence-electron chi connectivity index (χ1n) is 3.40. The van der Waals surface area contributed by atoms with Gasteiger partial charge in [-0.3, -0.25) is 4.90 Å². The molecule has 0 aromatic heterocycles. The van der Waals surface area contributed by atoms with E-state index >= 15 is 0 Å². The molecule has 0 heterocycles. The summed E-state index contributed by atoms with van der Waals surface area (Å²) in [5.41, 5.74) is 0. The largest absolute Gasteiger partial charge is 0.367 e. The van der Waals surface area contributed by atoms with Crippen LogP contribution in [0.2, 0.25) is 0 Å². The molecule has 60 valence electrons. The van der Waals surface area contributed by atoms with Gasteiger partial charge in [0.15, 0.2) is 6.29 Å². The molecule has 3 nitrogen and oxygen atoms in total. The Morgan fingerprint density at radius 2 is 2.20 bits per heavy atom. The zero-order chi connectivity index (χ0) is 7.98. The van der Waals surface area contributed by atoms with Gasteiger partial charge in [0.2, 0.25) is 0 Å². The van der Waals surface area contributed by atoms with Crippen molar-refractivity contribution in [1.29, 1.82) is 0 Å². The van der Waals surface area contributed by atoms with Crippen LogP contribution in [0.25, 0.3) is 0 Å². The van der Waals surface area contributed by atoms with Gasteiger partial charge in [-0.05, 0) is 6.54 Å². The summed E-state index contributed by atoms with van der Waals surface area (Å²) >= 11 is 0. The van der Waals surface area contributed by atoms with Crippen molar-refractivity contribution in [3.8, 4) is 0 Å². The van der Waals surface area contributed by atoms with Crippen LogP contribution in [0.15, 0.2) is 12.7 Å². The first-order chi connectivity index (χ1) is 4.70. The number of aliphatic hydroxyl groups excluding tert-OH is 1. The Morgan fingerprint density at radius 3 is 2.50 bits per heavy atom. The molecule has 0 aliphatic rings. The lowest BCUT2D eigenvalue weighted by Gasteiger charge is -2.18. The molecule has 0 radical (unpaired) electrons. The summed E-state index contributed by atoms with van der Waals surface area (Å²) in [5, 5.41) is 17.1. The number of likely N-dealkylation sites (N-methyl/N-ethyl adjacent to an activating group) is 1. The lowest BCUT2D eigenvalue weighted by Crippen LogP contribution is -2.32. The summed E-state index contributed by atoms with van der Waals surface area (Å²) in [6.45, 7) is 7.32. The molecule has 3 heteroatoms. The highest BCUT2D eigenvalue weighted by Crippen LogP contribution is 1.89. The summed E-state index contributed by atoms with van der Waals surface area (Å²) in [7, 11) is 0. The van der Waals surface area contributed by atoms with Gasteiger partial charge >= 0.3 is 0 Å². The van der Waals surface area contributed by atoms with Crippen LogP contribution < -0.4 is 0 Å². The van der Waals surface area contributed by atoms with Crippen molar-refractivity contribution in [1.82, 2.24) is 4.90 Å². The molecule has 0 bridgehead atoms. The fraction of sp³-hybridized carbons (Fsp3) is 0.714. The van der Waals surface area contributed by atoms with Crippen LogP contribution in [0.1, 0.15) is 6.92 Å². The molecular weight excluding hydrogens is 130 g/mol. The molecule has 0 fully saturated rings. The molecule has 0 unspecified atom stereocenters. The van der Waals surface area contributed by atoms with Crippen LogP contribution in [0.4, 0.5) is 0 Å². The Balaban J connectivity index is 3.48. The second-order valence-electron chi connectivity index (χ2n) is 2.12. The maximum atomic E-state index is 8.56. The lowest BCUT2D eigenvalue weighted by molar-refractivity contribution is -0.0587. The van der Waals surface area contributed by atoms with E-state index in [1.54, 1.807) is 6.08 Å². The zero-order valence-corrected chi connectivity index (χ0v) is 6.32. The first-order valence-corrected chi connectivity index (χ1v) is 3.40. The minimum atomic E-state index is -1.24. The van der Waals surface area contributed by atoms with E-state index in [9.17, 15) is 0 Å². The van der Waals surface area contributed by atoms with E-state index in [-0.39, 0.29) is 0 Å². The lowest BCUT2D eigenvalue weighted by atomic mass is 10.4. The van der Waals surface area contributed by atoms with Crippen molar-refractivity contribution in [2.24, 2.45) is 0 Å².